The number of nitro benzene ring substituents is 1. The molecule has 1 fully saturated rings. The minimum absolute atomic E-state index is 0.0486. The Balaban J connectivity index is 1.76. The first-order valence-electron chi connectivity index (χ1n) is 7.45. The second-order valence-corrected chi connectivity index (χ2v) is 6.88. The lowest BCUT2D eigenvalue weighted by molar-refractivity contribution is -0.384. The van der Waals surface area contributed by atoms with Crippen LogP contribution in [0.25, 0.3) is 11.3 Å². The molecule has 0 bridgehead atoms. The van der Waals surface area contributed by atoms with Gasteiger partial charge in [0.25, 0.3) is 5.69 Å². The zero-order valence-corrected chi connectivity index (χ0v) is 14.3. The van der Waals surface area contributed by atoms with Crippen LogP contribution in [0.1, 0.15) is 12.7 Å². The van der Waals surface area contributed by atoms with E-state index in [-0.39, 0.29) is 11.7 Å². The van der Waals surface area contributed by atoms with Crippen molar-refractivity contribution in [1.82, 2.24) is 4.90 Å². The molecule has 2 heterocycles. The molecule has 2 unspecified atom stereocenters. The molecule has 1 aromatic heterocycles. The molecule has 2 atom stereocenters. The van der Waals surface area contributed by atoms with Gasteiger partial charge in [-0.2, -0.15) is 0 Å². The van der Waals surface area contributed by atoms with Gasteiger partial charge in [0.15, 0.2) is 0 Å². The highest BCUT2D eigenvalue weighted by Crippen LogP contribution is 2.33. The van der Waals surface area contributed by atoms with Crippen LogP contribution in [0.5, 0.6) is 0 Å². The molecule has 3 rings (SSSR count). The van der Waals surface area contributed by atoms with Crippen molar-refractivity contribution in [2.75, 3.05) is 13.1 Å². The molecule has 1 saturated heterocycles. The first-order valence-corrected chi connectivity index (χ1v) is 8.24. The van der Waals surface area contributed by atoms with Gasteiger partial charge in [-0.15, -0.1) is 0 Å². The van der Waals surface area contributed by atoms with Gasteiger partial charge in [0.05, 0.1) is 11.5 Å². The van der Waals surface area contributed by atoms with Crippen molar-refractivity contribution < 1.29 is 9.34 Å². The van der Waals surface area contributed by atoms with E-state index in [9.17, 15) is 10.1 Å². The normalized spacial score (nSPS) is 21.7. The fourth-order valence-corrected chi connectivity index (χ4v) is 3.43. The summed E-state index contributed by atoms with van der Waals surface area (Å²) in [5.41, 5.74) is 6.89. The van der Waals surface area contributed by atoms with Crippen LogP contribution < -0.4 is 5.73 Å². The van der Waals surface area contributed by atoms with Gasteiger partial charge in [0.1, 0.15) is 11.5 Å². The number of nitrogens with two attached hydrogens (primary N) is 1. The number of likely N-dealkylation sites (tertiary alicyclic amines) is 1. The van der Waals surface area contributed by atoms with Crippen molar-refractivity contribution >= 4 is 21.6 Å². The molecule has 0 spiro atoms. The Kier molecular flexibility index (Phi) is 4.52. The van der Waals surface area contributed by atoms with Gasteiger partial charge in [0, 0.05) is 41.3 Å². The van der Waals surface area contributed by atoms with E-state index < -0.39 is 4.92 Å². The largest absolute Gasteiger partial charge is 0.460 e. The van der Waals surface area contributed by atoms with Gasteiger partial charge < -0.3 is 10.2 Å². The Morgan fingerprint density at radius 2 is 2.17 bits per heavy atom. The monoisotopic (exact) mass is 379 g/mol. The van der Waals surface area contributed by atoms with E-state index in [0.29, 0.717) is 16.2 Å². The average molecular weight is 380 g/mol. The molecule has 122 valence electrons. The van der Waals surface area contributed by atoms with Crippen LogP contribution in [0.3, 0.4) is 0 Å². The maximum Gasteiger partial charge on any atom is 0.270 e. The molecule has 2 N–H and O–H groups in total. The number of halogens is 1. The second kappa shape index (κ2) is 6.43. The molecule has 1 aliphatic rings. The van der Waals surface area contributed by atoms with Crippen LogP contribution >= 0.6 is 15.9 Å². The topological polar surface area (TPSA) is 85.5 Å². The molecule has 23 heavy (non-hydrogen) atoms. The number of nitro groups is 1. The second-order valence-electron chi connectivity index (χ2n) is 6.02. The molecule has 2 aromatic rings. The third-order valence-electron chi connectivity index (χ3n) is 4.22. The first kappa shape index (κ1) is 16.2. The van der Waals surface area contributed by atoms with Gasteiger partial charge in [-0.1, -0.05) is 6.92 Å². The summed E-state index contributed by atoms with van der Waals surface area (Å²) >= 11 is 3.37. The first-order chi connectivity index (χ1) is 10.9. The van der Waals surface area contributed by atoms with E-state index in [0.717, 1.165) is 31.0 Å². The molecule has 7 heteroatoms. The van der Waals surface area contributed by atoms with Gasteiger partial charge in [-0.3, -0.25) is 15.0 Å². The Hall–Kier alpha value is -1.70. The molecule has 1 aliphatic heterocycles. The summed E-state index contributed by atoms with van der Waals surface area (Å²) in [5, 5.41) is 10.8. The van der Waals surface area contributed by atoms with E-state index in [1.54, 1.807) is 6.07 Å². The molecule has 0 saturated carbocycles. The van der Waals surface area contributed by atoms with Crippen LogP contribution in [0, 0.1) is 16.0 Å². The maximum absolute atomic E-state index is 10.8. The minimum Gasteiger partial charge on any atom is -0.460 e. The Morgan fingerprint density at radius 3 is 2.78 bits per heavy atom. The molecule has 0 radical (unpaired) electrons. The van der Waals surface area contributed by atoms with Crippen LogP contribution in [0.2, 0.25) is 0 Å². The Labute approximate surface area is 142 Å². The standard InChI is InChI=1S/C16H18BrN3O3/c1-10-7-19(9-15(10)18)8-12-3-5-16(23-12)13-4-2-11(20(21)22)6-14(13)17/h2-6,10,15H,7-9,18H2,1H3. The van der Waals surface area contributed by atoms with Gasteiger partial charge in [-0.25, -0.2) is 0 Å². The zero-order valence-electron chi connectivity index (χ0n) is 12.7. The number of nitrogens with zero attached hydrogens (tertiary/aromatic N) is 2. The molecular formula is C16H18BrN3O3. The Bertz CT molecular complexity index is 721. The summed E-state index contributed by atoms with van der Waals surface area (Å²) in [5.74, 6) is 2.05. The van der Waals surface area contributed by atoms with E-state index in [4.69, 9.17) is 10.2 Å². The molecule has 1 aromatic carbocycles. The van der Waals surface area contributed by atoms with Crippen LogP contribution in [0.15, 0.2) is 39.2 Å². The lowest BCUT2D eigenvalue weighted by Gasteiger charge is -2.12. The summed E-state index contributed by atoms with van der Waals surface area (Å²) < 4.78 is 6.54. The van der Waals surface area contributed by atoms with E-state index in [1.165, 1.54) is 12.1 Å². The van der Waals surface area contributed by atoms with Gasteiger partial charge in [0.2, 0.25) is 0 Å². The third kappa shape index (κ3) is 3.46. The zero-order chi connectivity index (χ0) is 16.6. The molecule has 0 amide bonds. The summed E-state index contributed by atoms with van der Waals surface area (Å²) in [7, 11) is 0. The average Bonchev–Trinajstić information content (AvgIpc) is 3.06. The van der Waals surface area contributed by atoms with Gasteiger partial charge >= 0.3 is 0 Å². The van der Waals surface area contributed by atoms with E-state index in [1.807, 2.05) is 12.1 Å². The van der Waals surface area contributed by atoms with Crippen LogP contribution in [-0.2, 0) is 6.54 Å². The lowest BCUT2D eigenvalue weighted by atomic mass is 10.1. The number of hydrogen-bond donors (Lipinski definition) is 1. The van der Waals surface area contributed by atoms with Crippen molar-refractivity contribution in [2.24, 2.45) is 11.7 Å². The number of non-ortho nitro benzene ring substituents is 1. The number of hydrogen-bond acceptors (Lipinski definition) is 5. The summed E-state index contributed by atoms with van der Waals surface area (Å²) in [6.07, 6.45) is 0. The van der Waals surface area contributed by atoms with Crippen molar-refractivity contribution in [3.05, 3.63) is 50.7 Å². The number of rotatable bonds is 4. The minimum atomic E-state index is -0.417. The van der Waals surface area contributed by atoms with Crippen molar-refractivity contribution in [3.8, 4) is 11.3 Å². The van der Waals surface area contributed by atoms with E-state index >= 15 is 0 Å². The number of benzene rings is 1. The lowest BCUT2D eigenvalue weighted by Crippen LogP contribution is -2.28. The van der Waals surface area contributed by atoms with E-state index in [2.05, 4.69) is 27.8 Å². The predicted octanol–water partition coefficient (Wildman–Crippen LogP) is 3.40. The summed E-state index contributed by atoms with van der Waals surface area (Å²) in [6, 6.07) is 8.70. The van der Waals surface area contributed by atoms with Crippen LogP contribution in [0.4, 0.5) is 5.69 Å². The maximum atomic E-state index is 10.8. The highest BCUT2D eigenvalue weighted by atomic mass is 79.9. The quantitative estimate of drug-likeness (QED) is 0.649. The van der Waals surface area contributed by atoms with Crippen molar-refractivity contribution in [2.45, 2.75) is 19.5 Å². The predicted molar refractivity (Wildman–Crippen MR) is 90.9 cm³/mol. The molecule has 0 aliphatic carbocycles. The highest BCUT2D eigenvalue weighted by molar-refractivity contribution is 9.10. The molecule has 6 nitrogen and oxygen atoms in total. The Morgan fingerprint density at radius 1 is 1.39 bits per heavy atom. The summed E-state index contributed by atoms with van der Waals surface area (Å²) in [4.78, 5) is 12.7. The highest BCUT2D eigenvalue weighted by Gasteiger charge is 2.27. The van der Waals surface area contributed by atoms with Crippen LogP contribution in [-0.4, -0.2) is 29.0 Å². The fourth-order valence-electron chi connectivity index (χ4n) is 2.87. The fraction of sp³-hybridized carbons (Fsp3) is 0.375. The smallest absolute Gasteiger partial charge is 0.270 e. The number of furan rings is 1. The van der Waals surface area contributed by atoms with Gasteiger partial charge in [-0.05, 0) is 40.0 Å². The van der Waals surface area contributed by atoms with Crippen molar-refractivity contribution in [3.63, 3.8) is 0 Å². The SMILES string of the molecule is CC1CN(Cc2ccc(-c3ccc([N+](=O)[O-])cc3Br)o2)CC1N. The molecular weight excluding hydrogens is 362 g/mol. The third-order valence-corrected chi connectivity index (χ3v) is 4.87. The summed E-state index contributed by atoms with van der Waals surface area (Å²) in [6.45, 7) is 4.73. The van der Waals surface area contributed by atoms with Crippen molar-refractivity contribution in [1.29, 1.82) is 0 Å².